The molecule has 148 valence electrons. The Morgan fingerprint density at radius 2 is 1.86 bits per heavy atom. The number of rotatable bonds is 6. The topological polar surface area (TPSA) is 63.0 Å². The zero-order chi connectivity index (χ0) is 19.5. The number of nitrogens with zero attached hydrogens (tertiary/aromatic N) is 7. The number of hydrogen-bond donors (Lipinski definition) is 0. The number of para-hydroxylation sites is 1. The largest absolute Gasteiger partial charge is 0.354 e. The fraction of sp³-hybridized carbons (Fsp3) is 0.300. The highest BCUT2D eigenvalue weighted by molar-refractivity contribution is 7.99. The maximum atomic E-state index is 4.65. The van der Waals surface area contributed by atoms with Crippen molar-refractivity contribution in [1.82, 2.24) is 30.1 Å². The van der Waals surface area contributed by atoms with Crippen LogP contribution in [0.5, 0.6) is 0 Å². The average Bonchev–Trinajstić information content (AvgIpc) is 3.44. The number of pyridine rings is 1. The second kappa shape index (κ2) is 8.48. The SMILES string of the molecule is c1ccc(-n2nnnc2SCCN2CCN(c3nccc4sccc34)CC2)cc1. The van der Waals surface area contributed by atoms with Gasteiger partial charge in [0.2, 0.25) is 5.16 Å². The second-order valence-corrected chi connectivity index (χ2v) is 8.86. The van der Waals surface area contributed by atoms with Crippen LogP contribution < -0.4 is 4.90 Å². The van der Waals surface area contributed by atoms with E-state index >= 15 is 0 Å². The van der Waals surface area contributed by atoms with E-state index in [0.29, 0.717) is 0 Å². The number of fused-ring (bicyclic) bond motifs is 1. The Bertz CT molecular complexity index is 1070. The minimum atomic E-state index is 0.836. The predicted octanol–water partition coefficient (Wildman–Crippen LogP) is 3.19. The third-order valence-corrected chi connectivity index (χ3v) is 6.89. The van der Waals surface area contributed by atoms with Crippen LogP contribution in [0.25, 0.3) is 15.8 Å². The standard InChI is InChI=1S/C20H21N7S2/c1-2-4-16(5-3-1)27-20(22-23-24-27)29-15-13-25-9-11-26(12-10-25)19-17-7-14-28-18(17)6-8-21-19/h1-8,14H,9-13,15H2. The van der Waals surface area contributed by atoms with Crippen molar-refractivity contribution in [2.45, 2.75) is 5.16 Å². The minimum absolute atomic E-state index is 0.836. The van der Waals surface area contributed by atoms with Gasteiger partial charge in [0.15, 0.2) is 0 Å². The number of benzene rings is 1. The molecule has 29 heavy (non-hydrogen) atoms. The molecule has 4 heterocycles. The number of thiophene rings is 1. The van der Waals surface area contributed by atoms with E-state index in [2.05, 4.69) is 47.8 Å². The number of aromatic nitrogens is 5. The van der Waals surface area contributed by atoms with E-state index in [1.807, 2.05) is 36.5 Å². The van der Waals surface area contributed by atoms with Crippen molar-refractivity contribution in [2.75, 3.05) is 43.4 Å². The van der Waals surface area contributed by atoms with Crippen LogP contribution in [0, 0.1) is 0 Å². The van der Waals surface area contributed by atoms with Crippen LogP contribution >= 0.6 is 23.1 Å². The normalized spacial score (nSPS) is 15.2. The molecule has 1 aromatic carbocycles. The molecule has 4 aromatic rings. The summed E-state index contributed by atoms with van der Waals surface area (Å²) in [5, 5.41) is 16.4. The molecule has 0 atom stereocenters. The predicted molar refractivity (Wildman–Crippen MR) is 118 cm³/mol. The fourth-order valence-electron chi connectivity index (χ4n) is 3.58. The van der Waals surface area contributed by atoms with Gasteiger partial charge in [0.1, 0.15) is 5.82 Å². The Kier molecular flexibility index (Phi) is 5.42. The molecule has 5 rings (SSSR count). The molecular formula is C20H21N7S2. The first-order valence-electron chi connectivity index (χ1n) is 9.64. The highest BCUT2D eigenvalue weighted by Gasteiger charge is 2.20. The Labute approximate surface area is 177 Å². The highest BCUT2D eigenvalue weighted by Crippen LogP contribution is 2.29. The van der Waals surface area contributed by atoms with Gasteiger partial charge in [0.05, 0.1) is 5.69 Å². The van der Waals surface area contributed by atoms with Gasteiger partial charge in [-0.1, -0.05) is 30.0 Å². The Hall–Kier alpha value is -2.49. The summed E-state index contributed by atoms with van der Waals surface area (Å²) in [5.74, 6) is 2.09. The fourth-order valence-corrected chi connectivity index (χ4v) is 5.25. The monoisotopic (exact) mass is 423 g/mol. The smallest absolute Gasteiger partial charge is 0.214 e. The van der Waals surface area contributed by atoms with Crippen molar-refractivity contribution < 1.29 is 0 Å². The van der Waals surface area contributed by atoms with Crippen LogP contribution in [0.3, 0.4) is 0 Å². The van der Waals surface area contributed by atoms with E-state index in [4.69, 9.17) is 0 Å². The van der Waals surface area contributed by atoms with Crippen LogP contribution in [0.15, 0.2) is 59.2 Å². The lowest BCUT2D eigenvalue weighted by Crippen LogP contribution is -2.47. The number of thioether (sulfide) groups is 1. The first kappa shape index (κ1) is 18.5. The van der Waals surface area contributed by atoms with Crippen LogP contribution in [0.1, 0.15) is 0 Å². The van der Waals surface area contributed by atoms with E-state index in [-0.39, 0.29) is 0 Å². The lowest BCUT2D eigenvalue weighted by atomic mass is 10.2. The summed E-state index contributed by atoms with van der Waals surface area (Å²) >= 11 is 3.48. The van der Waals surface area contributed by atoms with Gasteiger partial charge in [-0.2, -0.15) is 4.68 Å². The van der Waals surface area contributed by atoms with E-state index in [0.717, 1.165) is 55.1 Å². The van der Waals surface area contributed by atoms with Gasteiger partial charge in [-0.3, -0.25) is 4.90 Å². The third kappa shape index (κ3) is 3.98. The molecule has 1 saturated heterocycles. The molecule has 0 aliphatic carbocycles. The quantitative estimate of drug-likeness (QED) is 0.441. The minimum Gasteiger partial charge on any atom is -0.354 e. The Balaban J connectivity index is 1.15. The van der Waals surface area contributed by atoms with Gasteiger partial charge in [-0.05, 0) is 40.1 Å². The molecule has 0 unspecified atom stereocenters. The molecule has 0 spiro atoms. The maximum absolute atomic E-state index is 4.65. The van der Waals surface area contributed by atoms with Crippen molar-refractivity contribution in [3.63, 3.8) is 0 Å². The van der Waals surface area contributed by atoms with Gasteiger partial charge < -0.3 is 4.90 Å². The molecular weight excluding hydrogens is 402 g/mol. The van der Waals surface area contributed by atoms with E-state index in [9.17, 15) is 0 Å². The molecule has 3 aromatic heterocycles. The summed E-state index contributed by atoms with van der Waals surface area (Å²) in [4.78, 5) is 9.57. The molecule has 1 aliphatic rings. The number of hydrogen-bond acceptors (Lipinski definition) is 8. The van der Waals surface area contributed by atoms with Gasteiger partial charge in [0, 0.05) is 54.8 Å². The average molecular weight is 424 g/mol. The summed E-state index contributed by atoms with van der Waals surface area (Å²) in [5.41, 5.74) is 0.990. The van der Waals surface area contributed by atoms with E-state index in [1.54, 1.807) is 27.8 Å². The van der Waals surface area contributed by atoms with Crippen molar-refractivity contribution in [1.29, 1.82) is 0 Å². The molecule has 0 radical (unpaired) electrons. The molecule has 0 bridgehead atoms. The maximum Gasteiger partial charge on any atom is 0.214 e. The lowest BCUT2D eigenvalue weighted by molar-refractivity contribution is 0.273. The first-order valence-corrected chi connectivity index (χ1v) is 11.5. The van der Waals surface area contributed by atoms with Crippen molar-refractivity contribution in [2.24, 2.45) is 0 Å². The van der Waals surface area contributed by atoms with Crippen LogP contribution in [-0.4, -0.2) is 68.6 Å². The third-order valence-electron chi connectivity index (χ3n) is 5.11. The summed E-state index contributed by atoms with van der Waals surface area (Å²) in [6.07, 6.45) is 1.92. The van der Waals surface area contributed by atoms with E-state index in [1.165, 1.54) is 10.1 Å². The highest BCUT2D eigenvalue weighted by atomic mass is 32.2. The summed E-state index contributed by atoms with van der Waals surface area (Å²) in [6.45, 7) is 5.14. The first-order chi connectivity index (χ1) is 14.4. The molecule has 1 aliphatic heterocycles. The second-order valence-electron chi connectivity index (χ2n) is 6.85. The van der Waals surface area contributed by atoms with Crippen LogP contribution in [0.2, 0.25) is 0 Å². The van der Waals surface area contributed by atoms with Crippen molar-refractivity contribution in [3.05, 3.63) is 54.0 Å². The van der Waals surface area contributed by atoms with Gasteiger partial charge in [-0.25, -0.2) is 4.98 Å². The number of piperazine rings is 1. The van der Waals surface area contributed by atoms with Crippen LogP contribution in [-0.2, 0) is 0 Å². The molecule has 0 amide bonds. The molecule has 0 N–H and O–H groups in total. The number of tetrazole rings is 1. The summed E-state index contributed by atoms with van der Waals surface area (Å²) in [6, 6.07) is 14.3. The summed E-state index contributed by atoms with van der Waals surface area (Å²) < 4.78 is 3.11. The van der Waals surface area contributed by atoms with Crippen molar-refractivity contribution >= 4 is 39.0 Å². The zero-order valence-corrected chi connectivity index (χ0v) is 17.5. The molecule has 0 saturated carbocycles. The van der Waals surface area contributed by atoms with Gasteiger partial charge in [0.25, 0.3) is 0 Å². The number of anilines is 1. The lowest BCUT2D eigenvalue weighted by Gasteiger charge is -2.35. The van der Waals surface area contributed by atoms with Gasteiger partial charge >= 0.3 is 0 Å². The van der Waals surface area contributed by atoms with Crippen LogP contribution in [0.4, 0.5) is 5.82 Å². The summed E-state index contributed by atoms with van der Waals surface area (Å²) in [7, 11) is 0. The van der Waals surface area contributed by atoms with E-state index < -0.39 is 0 Å². The van der Waals surface area contributed by atoms with Crippen molar-refractivity contribution in [3.8, 4) is 5.69 Å². The van der Waals surface area contributed by atoms with Gasteiger partial charge in [-0.15, -0.1) is 16.4 Å². The molecule has 7 nitrogen and oxygen atoms in total. The molecule has 1 fully saturated rings. The zero-order valence-electron chi connectivity index (χ0n) is 15.9. The molecule has 9 heteroatoms. The Morgan fingerprint density at radius 3 is 2.72 bits per heavy atom. The Morgan fingerprint density at radius 1 is 1.00 bits per heavy atom.